The van der Waals surface area contributed by atoms with E-state index in [1.54, 1.807) is 6.92 Å². The van der Waals surface area contributed by atoms with Crippen molar-refractivity contribution in [3.8, 4) is 0 Å². The van der Waals surface area contributed by atoms with Crippen molar-refractivity contribution in [1.29, 1.82) is 0 Å². The number of piperidine rings is 1. The van der Waals surface area contributed by atoms with Gasteiger partial charge < -0.3 is 14.7 Å². The maximum Gasteiger partial charge on any atom is 0.225 e. The van der Waals surface area contributed by atoms with Crippen LogP contribution >= 0.6 is 0 Å². The number of nitrogens with zero attached hydrogens (tertiary/aromatic N) is 3. The van der Waals surface area contributed by atoms with Crippen LogP contribution in [0.4, 0.5) is 0 Å². The Morgan fingerprint density at radius 3 is 1.96 bits per heavy atom. The third-order valence-electron chi connectivity index (χ3n) is 4.90. The van der Waals surface area contributed by atoms with Crippen LogP contribution in [0, 0.1) is 11.8 Å². The first kappa shape index (κ1) is 17.8. The molecule has 2 heterocycles. The summed E-state index contributed by atoms with van der Waals surface area (Å²) in [7, 11) is 0. The predicted molar refractivity (Wildman–Crippen MR) is 87.6 cm³/mol. The summed E-state index contributed by atoms with van der Waals surface area (Å²) in [6, 6.07) is 0. The van der Waals surface area contributed by atoms with Crippen molar-refractivity contribution in [2.24, 2.45) is 11.8 Å². The molecule has 2 aliphatic rings. The summed E-state index contributed by atoms with van der Waals surface area (Å²) in [4.78, 5) is 41.8. The second kappa shape index (κ2) is 7.79. The lowest BCUT2D eigenvalue weighted by atomic mass is 9.95. The molecule has 2 fully saturated rings. The zero-order valence-electron chi connectivity index (χ0n) is 14.6. The standard InChI is InChI=1S/C17H29N3O3/c1-13(2)16(22)19-7-4-8-20(12-11-19)17(23)15-5-9-18(10-6-15)14(3)21/h13,15H,4-12H2,1-3H3. The molecule has 3 amide bonds. The van der Waals surface area contributed by atoms with E-state index in [1.165, 1.54) is 0 Å². The Hall–Kier alpha value is -1.59. The highest BCUT2D eigenvalue weighted by atomic mass is 16.2. The van der Waals surface area contributed by atoms with Crippen LogP contribution in [0.2, 0.25) is 0 Å². The van der Waals surface area contributed by atoms with Gasteiger partial charge in [0.25, 0.3) is 0 Å². The number of hydrogen-bond donors (Lipinski definition) is 0. The first-order valence-electron chi connectivity index (χ1n) is 8.73. The molecule has 23 heavy (non-hydrogen) atoms. The molecule has 2 aliphatic heterocycles. The van der Waals surface area contributed by atoms with Gasteiger partial charge in [0.1, 0.15) is 0 Å². The lowest BCUT2D eigenvalue weighted by Gasteiger charge is -2.33. The van der Waals surface area contributed by atoms with Crippen molar-refractivity contribution in [3.05, 3.63) is 0 Å². The molecule has 0 bridgehead atoms. The first-order chi connectivity index (χ1) is 10.9. The Morgan fingerprint density at radius 2 is 1.39 bits per heavy atom. The highest BCUT2D eigenvalue weighted by Crippen LogP contribution is 2.21. The fourth-order valence-electron chi connectivity index (χ4n) is 3.42. The number of likely N-dealkylation sites (tertiary alicyclic amines) is 1. The number of hydrogen-bond acceptors (Lipinski definition) is 3. The molecule has 0 aromatic heterocycles. The van der Waals surface area contributed by atoms with Gasteiger partial charge in [-0.05, 0) is 19.3 Å². The van der Waals surface area contributed by atoms with E-state index in [1.807, 2.05) is 28.5 Å². The molecule has 130 valence electrons. The van der Waals surface area contributed by atoms with Crippen molar-refractivity contribution in [2.75, 3.05) is 39.3 Å². The van der Waals surface area contributed by atoms with Gasteiger partial charge in [0, 0.05) is 58.0 Å². The van der Waals surface area contributed by atoms with Crippen molar-refractivity contribution in [3.63, 3.8) is 0 Å². The Labute approximate surface area is 138 Å². The highest BCUT2D eigenvalue weighted by molar-refractivity contribution is 5.80. The van der Waals surface area contributed by atoms with Crippen LogP contribution in [0.5, 0.6) is 0 Å². The van der Waals surface area contributed by atoms with Crippen LogP contribution in [0.25, 0.3) is 0 Å². The summed E-state index contributed by atoms with van der Waals surface area (Å²) >= 11 is 0. The number of carbonyl (C=O) groups is 3. The quantitative estimate of drug-likeness (QED) is 0.760. The van der Waals surface area contributed by atoms with Crippen LogP contribution < -0.4 is 0 Å². The second-order valence-electron chi connectivity index (χ2n) is 6.94. The fraction of sp³-hybridized carbons (Fsp3) is 0.824. The summed E-state index contributed by atoms with van der Waals surface area (Å²) < 4.78 is 0. The minimum Gasteiger partial charge on any atom is -0.343 e. The Kier molecular flexibility index (Phi) is 6.02. The van der Waals surface area contributed by atoms with Crippen molar-refractivity contribution in [2.45, 2.75) is 40.0 Å². The molecular weight excluding hydrogens is 294 g/mol. The third kappa shape index (κ3) is 4.45. The Balaban J connectivity index is 1.86. The average molecular weight is 323 g/mol. The Bertz CT molecular complexity index is 456. The van der Waals surface area contributed by atoms with Gasteiger partial charge in [-0.15, -0.1) is 0 Å². The molecule has 0 N–H and O–H groups in total. The average Bonchev–Trinajstić information content (AvgIpc) is 2.79. The van der Waals surface area contributed by atoms with E-state index < -0.39 is 0 Å². The SMILES string of the molecule is CC(=O)N1CCC(C(=O)N2CCCN(C(=O)C(C)C)CC2)CC1. The monoisotopic (exact) mass is 323 g/mol. The summed E-state index contributed by atoms with van der Waals surface area (Å²) in [5, 5.41) is 0. The van der Waals surface area contributed by atoms with Gasteiger partial charge in [-0.1, -0.05) is 13.8 Å². The molecule has 0 aromatic carbocycles. The smallest absolute Gasteiger partial charge is 0.225 e. The molecule has 0 spiro atoms. The number of carbonyl (C=O) groups excluding carboxylic acids is 3. The van der Waals surface area contributed by atoms with E-state index >= 15 is 0 Å². The summed E-state index contributed by atoms with van der Waals surface area (Å²) in [5.41, 5.74) is 0. The molecule has 0 aromatic rings. The van der Waals surface area contributed by atoms with Crippen LogP contribution in [0.15, 0.2) is 0 Å². The summed E-state index contributed by atoms with van der Waals surface area (Å²) in [5.74, 6) is 0.501. The lowest BCUT2D eigenvalue weighted by molar-refractivity contribution is -0.140. The topological polar surface area (TPSA) is 60.9 Å². The number of rotatable bonds is 2. The minimum absolute atomic E-state index is 0.00756. The van der Waals surface area contributed by atoms with Gasteiger partial charge in [-0.3, -0.25) is 14.4 Å². The fourth-order valence-corrected chi connectivity index (χ4v) is 3.42. The largest absolute Gasteiger partial charge is 0.343 e. The zero-order valence-corrected chi connectivity index (χ0v) is 14.6. The zero-order chi connectivity index (χ0) is 17.0. The molecule has 0 unspecified atom stereocenters. The first-order valence-corrected chi connectivity index (χ1v) is 8.73. The van der Waals surface area contributed by atoms with E-state index in [0.717, 1.165) is 32.4 Å². The predicted octanol–water partition coefficient (Wildman–Crippen LogP) is 0.962. The van der Waals surface area contributed by atoms with Crippen molar-refractivity contribution >= 4 is 17.7 Å². The van der Waals surface area contributed by atoms with Gasteiger partial charge in [0.05, 0.1) is 0 Å². The van der Waals surface area contributed by atoms with E-state index in [9.17, 15) is 14.4 Å². The molecular formula is C17H29N3O3. The summed E-state index contributed by atoms with van der Waals surface area (Å²) in [6.45, 7) is 9.50. The molecule has 2 saturated heterocycles. The minimum atomic E-state index is 0.00756. The van der Waals surface area contributed by atoms with E-state index in [2.05, 4.69) is 0 Å². The second-order valence-corrected chi connectivity index (χ2v) is 6.94. The maximum absolute atomic E-state index is 12.7. The molecule has 0 aliphatic carbocycles. The van der Waals surface area contributed by atoms with Crippen LogP contribution in [-0.4, -0.2) is 71.7 Å². The number of amides is 3. The highest BCUT2D eigenvalue weighted by Gasteiger charge is 2.31. The third-order valence-corrected chi connectivity index (χ3v) is 4.90. The lowest BCUT2D eigenvalue weighted by Crippen LogP contribution is -2.45. The molecule has 0 atom stereocenters. The van der Waals surface area contributed by atoms with Crippen molar-refractivity contribution in [1.82, 2.24) is 14.7 Å². The Morgan fingerprint density at radius 1 is 0.826 bits per heavy atom. The van der Waals surface area contributed by atoms with Crippen LogP contribution in [-0.2, 0) is 14.4 Å². The van der Waals surface area contributed by atoms with Crippen LogP contribution in [0.3, 0.4) is 0 Å². The van der Waals surface area contributed by atoms with Gasteiger partial charge in [0.15, 0.2) is 0 Å². The normalized spacial score (nSPS) is 20.6. The van der Waals surface area contributed by atoms with E-state index in [0.29, 0.717) is 26.2 Å². The van der Waals surface area contributed by atoms with E-state index in [4.69, 9.17) is 0 Å². The molecule has 0 radical (unpaired) electrons. The summed E-state index contributed by atoms with van der Waals surface area (Å²) in [6.07, 6.45) is 2.35. The molecule has 6 heteroatoms. The van der Waals surface area contributed by atoms with Gasteiger partial charge >= 0.3 is 0 Å². The maximum atomic E-state index is 12.7. The van der Waals surface area contributed by atoms with E-state index in [-0.39, 0.29) is 29.6 Å². The van der Waals surface area contributed by atoms with Gasteiger partial charge in [-0.25, -0.2) is 0 Å². The van der Waals surface area contributed by atoms with Crippen molar-refractivity contribution < 1.29 is 14.4 Å². The molecule has 2 rings (SSSR count). The molecule has 0 saturated carbocycles. The molecule has 6 nitrogen and oxygen atoms in total. The van der Waals surface area contributed by atoms with Crippen LogP contribution in [0.1, 0.15) is 40.0 Å². The van der Waals surface area contributed by atoms with Gasteiger partial charge in [0.2, 0.25) is 17.7 Å². The van der Waals surface area contributed by atoms with Gasteiger partial charge in [-0.2, -0.15) is 0 Å².